The highest BCUT2D eigenvalue weighted by Gasteiger charge is 2.18. The van der Waals surface area contributed by atoms with Crippen LogP contribution in [0.25, 0.3) is 0 Å². The van der Waals surface area contributed by atoms with Crippen molar-refractivity contribution in [2.45, 2.75) is 13.0 Å². The molecule has 0 saturated heterocycles. The zero-order chi connectivity index (χ0) is 20.5. The standard InChI is InChI=1S/C20H11BrClFN4O2/c21-16-2-1-12(9-27-10-26-19-15(20(27)28)3-4-25-19)17(23)18(16)29-14-6-11(8-24)5-13(22)7-14/h1-2,4-7,10H,3,9H2. The van der Waals surface area contributed by atoms with Gasteiger partial charge in [-0.3, -0.25) is 9.36 Å². The lowest BCUT2D eigenvalue weighted by atomic mass is 10.2. The average Bonchev–Trinajstić information content (AvgIpc) is 3.18. The number of rotatable bonds is 4. The lowest BCUT2D eigenvalue weighted by Gasteiger charge is -2.13. The van der Waals surface area contributed by atoms with Crippen LogP contribution in [0.1, 0.15) is 16.7 Å². The zero-order valence-corrected chi connectivity index (χ0v) is 17.0. The zero-order valence-electron chi connectivity index (χ0n) is 14.7. The Kier molecular flexibility index (Phi) is 5.18. The molecule has 0 spiro atoms. The quantitative estimate of drug-likeness (QED) is 0.547. The Labute approximate surface area is 178 Å². The van der Waals surface area contributed by atoms with Crippen LogP contribution < -0.4 is 10.3 Å². The molecular formula is C20H11BrClFN4O2. The van der Waals surface area contributed by atoms with Gasteiger partial charge in [0.2, 0.25) is 0 Å². The summed E-state index contributed by atoms with van der Waals surface area (Å²) in [5.74, 6) is -0.0826. The first-order valence-electron chi connectivity index (χ1n) is 8.42. The molecule has 144 valence electrons. The number of benzene rings is 2. The molecule has 29 heavy (non-hydrogen) atoms. The summed E-state index contributed by atoms with van der Waals surface area (Å²) < 4.78 is 22.6. The number of hydrogen-bond acceptors (Lipinski definition) is 5. The molecule has 6 nitrogen and oxygen atoms in total. The molecule has 0 N–H and O–H groups in total. The fourth-order valence-electron chi connectivity index (χ4n) is 2.93. The predicted molar refractivity (Wildman–Crippen MR) is 110 cm³/mol. The van der Waals surface area contributed by atoms with E-state index in [1.807, 2.05) is 6.07 Å². The maximum absolute atomic E-state index is 15.2. The molecule has 1 aliphatic rings. The fraction of sp³-hybridized carbons (Fsp3) is 0.100. The summed E-state index contributed by atoms with van der Waals surface area (Å²) in [5, 5.41) is 9.36. The van der Waals surface area contributed by atoms with Crippen LogP contribution in [0.3, 0.4) is 0 Å². The van der Waals surface area contributed by atoms with Crippen LogP contribution in [0.15, 0.2) is 50.9 Å². The monoisotopic (exact) mass is 472 g/mol. The van der Waals surface area contributed by atoms with E-state index < -0.39 is 5.82 Å². The molecule has 1 aliphatic heterocycles. The number of aromatic nitrogens is 2. The van der Waals surface area contributed by atoms with Gasteiger partial charge < -0.3 is 4.74 Å². The van der Waals surface area contributed by atoms with Gasteiger partial charge in [-0.05, 0) is 40.2 Å². The van der Waals surface area contributed by atoms with Gasteiger partial charge in [-0.1, -0.05) is 17.7 Å². The fourth-order valence-corrected chi connectivity index (χ4v) is 3.54. The summed E-state index contributed by atoms with van der Waals surface area (Å²) in [4.78, 5) is 20.7. The number of fused-ring (bicyclic) bond motifs is 1. The average molecular weight is 474 g/mol. The number of nitrogens with zero attached hydrogens (tertiary/aromatic N) is 4. The third kappa shape index (κ3) is 3.79. The second-order valence-corrected chi connectivity index (χ2v) is 7.53. The van der Waals surface area contributed by atoms with Gasteiger partial charge >= 0.3 is 0 Å². The first kappa shape index (κ1) is 19.3. The minimum atomic E-state index is -0.637. The number of halogens is 3. The van der Waals surface area contributed by atoms with Crippen LogP contribution in [0.5, 0.6) is 11.5 Å². The van der Waals surface area contributed by atoms with Crippen molar-refractivity contribution in [3.8, 4) is 17.6 Å². The molecule has 2 aromatic carbocycles. The Balaban J connectivity index is 1.69. The Morgan fingerprint density at radius 2 is 2.17 bits per heavy atom. The molecular weight excluding hydrogens is 463 g/mol. The summed E-state index contributed by atoms with van der Waals surface area (Å²) in [5.41, 5.74) is 0.766. The molecule has 0 fully saturated rings. The molecule has 0 saturated carbocycles. The molecule has 0 radical (unpaired) electrons. The van der Waals surface area contributed by atoms with Crippen LogP contribution >= 0.6 is 27.5 Å². The lowest BCUT2D eigenvalue weighted by molar-refractivity contribution is 0.434. The van der Waals surface area contributed by atoms with E-state index >= 15 is 4.39 Å². The topological polar surface area (TPSA) is 80.3 Å². The molecule has 4 rings (SSSR count). The predicted octanol–water partition coefficient (Wildman–Crippen LogP) is 4.77. The van der Waals surface area contributed by atoms with E-state index in [1.165, 1.54) is 29.1 Å². The Morgan fingerprint density at radius 1 is 1.34 bits per heavy atom. The van der Waals surface area contributed by atoms with Crippen molar-refractivity contribution in [3.05, 3.63) is 79.0 Å². The van der Waals surface area contributed by atoms with Crippen molar-refractivity contribution in [3.63, 3.8) is 0 Å². The number of nitriles is 1. The SMILES string of the molecule is N#Cc1cc(Cl)cc(Oc2c(Br)ccc(Cn3cnc4c(c3=O)CC=N4)c2F)c1. The van der Waals surface area contributed by atoms with E-state index in [-0.39, 0.29) is 34.7 Å². The second-order valence-electron chi connectivity index (χ2n) is 6.23. The molecule has 9 heteroatoms. The minimum Gasteiger partial charge on any atom is -0.453 e. The van der Waals surface area contributed by atoms with Crippen LogP contribution in [0.4, 0.5) is 10.2 Å². The van der Waals surface area contributed by atoms with E-state index in [0.29, 0.717) is 27.3 Å². The van der Waals surface area contributed by atoms with Gasteiger partial charge in [0, 0.05) is 23.2 Å². The molecule has 0 bridgehead atoms. The summed E-state index contributed by atoms with van der Waals surface area (Å²) in [6.45, 7) is -0.0203. The highest BCUT2D eigenvalue weighted by Crippen LogP contribution is 2.35. The van der Waals surface area contributed by atoms with Crippen molar-refractivity contribution < 1.29 is 9.13 Å². The van der Waals surface area contributed by atoms with Crippen molar-refractivity contribution in [1.29, 1.82) is 5.26 Å². The first-order chi connectivity index (χ1) is 14.0. The molecule has 0 atom stereocenters. The summed E-state index contributed by atoms with van der Waals surface area (Å²) in [6.07, 6.45) is 3.38. The summed E-state index contributed by atoms with van der Waals surface area (Å²) >= 11 is 9.26. The highest BCUT2D eigenvalue weighted by atomic mass is 79.9. The van der Waals surface area contributed by atoms with Crippen LogP contribution in [-0.4, -0.2) is 15.8 Å². The maximum Gasteiger partial charge on any atom is 0.259 e. The summed E-state index contributed by atoms with van der Waals surface area (Å²) in [7, 11) is 0. The highest BCUT2D eigenvalue weighted by molar-refractivity contribution is 9.10. The van der Waals surface area contributed by atoms with Crippen molar-refractivity contribution in [2.75, 3.05) is 0 Å². The van der Waals surface area contributed by atoms with E-state index in [9.17, 15) is 4.79 Å². The third-order valence-electron chi connectivity index (χ3n) is 4.31. The normalized spacial score (nSPS) is 11.9. The van der Waals surface area contributed by atoms with Gasteiger partial charge in [-0.2, -0.15) is 5.26 Å². The van der Waals surface area contributed by atoms with E-state index in [2.05, 4.69) is 25.9 Å². The minimum absolute atomic E-state index is 0.0203. The smallest absolute Gasteiger partial charge is 0.259 e. The van der Waals surface area contributed by atoms with Gasteiger partial charge in [0.25, 0.3) is 5.56 Å². The van der Waals surface area contributed by atoms with Gasteiger partial charge in [-0.25, -0.2) is 14.4 Å². The first-order valence-corrected chi connectivity index (χ1v) is 9.59. The van der Waals surface area contributed by atoms with Gasteiger partial charge in [0.05, 0.1) is 28.2 Å². The Hall–Kier alpha value is -3.02. The number of hydrogen-bond donors (Lipinski definition) is 0. The lowest BCUT2D eigenvalue weighted by Crippen LogP contribution is -2.24. The third-order valence-corrected chi connectivity index (χ3v) is 5.15. The Morgan fingerprint density at radius 3 is 2.97 bits per heavy atom. The summed E-state index contributed by atoms with van der Waals surface area (Å²) in [6, 6.07) is 9.57. The number of aliphatic imine (C=N–C) groups is 1. The van der Waals surface area contributed by atoms with Crippen molar-refractivity contribution in [2.24, 2.45) is 4.99 Å². The van der Waals surface area contributed by atoms with Gasteiger partial charge in [0.1, 0.15) is 12.1 Å². The van der Waals surface area contributed by atoms with Gasteiger partial charge in [0.15, 0.2) is 17.4 Å². The van der Waals surface area contributed by atoms with E-state index in [4.69, 9.17) is 21.6 Å². The Bertz CT molecular complexity index is 1270. The largest absolute Gasteiger partial charge is 0.453 e. The van der Waals surface area contributed by atoms with Gasteiger partial charge in [-0.15, -0.1) is 0 Å². The molecule has 0 unspecified atom stereocenters. The molecule has 3 aromatic rings. The molecule has 2 heterocycles. The van der Waals surface area contributed by atoms with E-state index in [0.717, 1.165) is 0 Å². The van der Waals surface area contributed by atoms with E-state index in [1.54, 1.807) is 18.3 Å². The molecule has 1 aromatic heterocycles. The van der Waals surface area contributed by atoms with Crippen molar-refractivity contribution in [1.82, 2.24) is 9.55 Å². The molecule has 0 amide bonds. The maximum atomic E-state index is 15.2. The van der Waals surface area contributed by atoms with Crippen molar-refractivity contribution >= 4 is 39.6 Å². The van der Waals surface area contributed by atoms with Crippen LogP contribution in [0, 0.1) is 17.1 Å². The van der Waals surface area contributed by atoms with Crippen LogP contribution in [-0.2, 0) is 13.0 Å². The molecule has 0 aliphatic carbocycles. The van der Waals surface area contributed by atoms with Crippen LogP contribution in [0.2, 0.25) is 5.02 Å². The second kappa shape index (κ2) is 7.78. The number of ether oxygens (including phenoxy) is 1.